The van der Waals surface area contributed by atoms with Gasteiger partial charge in [-0.05, 0) is 49.7 Å². The summed E-state index contributed by atoms with van der Waals surface area (Å²) in [6, 6.07) is 1.33. The number of aromatic nitrogens is 2. The van der Waals surface area contributed by atoms with Crippen LogP contribution in [0.3, 0.4) is 0 Å². The van der Waals surface area contributed by atoms with Crippen LogP contribution in [-0.2, 0) is 16.6 Å². The lowest BCUT2D eigenvalue weighted by molar-refractivity contribution is 0.0192. The van der Waals surface area contributed by atoms with Gasteiger partial charge in [0.25, 0.3) is 12.0 Å². The molecule has 4 atom stereocenters. The molecule has 3 aliphatic rings. The molecule has 3 aliphatic carbocycles. The Labute approximate surface area is 196 Å². The summed E-state index contributed by atoms with van der Waals surface area (Å²) in [5.41, 5.74) is 1.83. The van der Waals surface area contributed by atoms with E-state index in [-0.39, 0.29) is 24.1 Å². The topological polar surface area (TPSA) is 121 Å². The van der Waals surface area contributed by atoms with Crippen LogP contribution in [0.25, 0.3) is 5.57 Å². The van der Waals surface area contributed by atoms with Crippen LogP contribution >= 0.6 is 11.3 Å². The summed E-state index contributed by atoms with van der Waals surface area (Å²) in [5, 5.41) is 9.64. The van der Waals surface area contributed by atoms with Gasteiger partial charge in [-0.1, -0.05) is 0 Å². The number of allylic oxidation sites excluding steroid dienone is 1. The first-order valence-electron chi connectivity index (χ1n) is 11.3. The van der Waals surface area contributed by atoms with Gasteiger partial charge in [0.2, 0.25) is 0 Å². The van der Waals surface area contributed by atoms with Crippen molar-refractivity contribution in [3.05, 3.63) is 59.3 Å². The van der Waals surface area contributed by atoms with E-state index in [1.807, 2.05) is 11.1 Å². The van der Waals surface area contributed by atoms with Crippen molar-refractivity contribution in [3.8, 4) is 0 Å². The van der Waals surface area contributed by atoms with Gasteiger partial charge in [-0.2, -0.15) is 0 Å². The predicted octanol–water partition coefficient (Wildman–Crippen LogP) is 2.86. The number of hydrogen-bond donors (Lipinski definition) is 4. The second-order valence-electron chi connectivity index (χ2n) is 9.32. The second kappa shape index (κ2) is 8.47. The van der Waals surface area contributed by atoms with Crippen molar-refractivity contribution in [1.82, 2.24) is 9.97 Å². The van der Waals surface area contributed by atoms with Crippen LogP contribution in [0, 0.1) is 5.92 Å². The smallest absolute Gasteiger partial charge is 0.326 e. The van der Waals surface area contributed by atoms with E-state index in [0.29, 0.717) is 17.7 Å². The Morgan fingerprint density at radius 2 is 2.03 bits per heavy atom. The number of halogens is 3. The average molecular weight is 498 g/mol. The van der Waals surface area contributed by atoms with Gasteiger partial charge < -0.3 is 20.6 Å². The number of nitrogens with two attached hydrogens (primary N) is 1. The van der Waals surface area contributed by atoms with Gasteiger partial charge in [-0.15, -0.1) is 11.3 Å². The van der Waals surface area contributed by atoms with Gasteiger partial charge in [0, 0.05) is 28.8 Å². The highest BCUT2D eigenvalue weighted by atomic mass is 32.1. The van der Waals surface area contributed by atoms with Gasteiger partial charge in [0.1, 0.15) is 11.9 Å². The van der Waals surface area contributed by atoms with Crippen molar-refractivity contribution in [3.63, 3.8) is 0 Å². The van der Waals surface area contributed by atoms with E-state index in [9.17, 15) is 23.5 Å². The zero-order valence-corrected chi connectivity index (χ0v) is 19.3. The minimum absolute atomic E-state index is 0.129. The maximum Gasteiger partial charge on any atom is 0.326 e. The number of thiophene rings is 1. The van der Waals surface area contributed by atoms with Crippen molar-refractivity contribution in [2.75, 3.05) is 13.7 Å². The Hall–Kier alpha value is -2.21. The SMILES string of the molecule is COC1c2[nH]c(=O)[nH]c(=O)c2C(C(F)F)=C(F)C1(c1cc2c(s1)CCCC2C(N)CO)C1CC1. The number of aromatic amines is 2. The van der Waals surface area contributed by atoms with Gasteiger partial charge in [0.05, 0.1) is 28.9 Å². The summed E-state index contributed by atoms with van der Waals surface area (Å²) >= 11 is 1.35. The van der Waals surface area contributed by atoms with Gasteiger partial charge >= 0.3 is 5.69 Å². The molecule has 0 aliphatic heterocycles. The lowest BCUT2D eigenvalue weighted by Crippen LogP contribution is -2.45. The summed E-state index contributed by atoms with van der Waals surface area (Å²) < 4.78 is 50.9. The standard InChI is InChI=1S/C23H26F3N3O4S/c1-33-19-17-15(21(31)29-22(32)28-17)16(20(25)26)18(24)23(19,9-5-6-9)14-7-11-10(12(27)8-30)3-2-4-13(11)34-14/h7,9-10,12,19-20,30H,2-6,8,27H2,1H3,(H2,28,29,31,32). The molecule has 2 aromatic heterocycles. The van der Waals surface area contributed by atoms with E-state index in [1.54, 1.807) is 0 Å². The fourth-order valence-corrected chi connectivity index (χ4v) is 7.45. The minimum atomic E-state index is -3.27. The number of nitrogens with one attached hydrogen (secondary N) is 2. The number of H-pyrrole nitrogens is 2. The molecule has 184 valence electrons. The summed E-state index contributed by atoms with van der Waals surface area (Å²) in [5.74, 6) is -1.55. The number of aryl methyl sites for hydroxylation is 1. The number of fused-ring (bicyclic) bond motifs is 2. The highest BCUT2D eigenvalue weighted by Gasteiger charge is 2.61. The third kappa shape index (κ3) is 3.28. The molecule has 5 rings (SSSR count). The van der Waals surface area contributed by atoms with Crippen LogP contribution in [0.1, 0.15) is 64.3 Å². The average Bonchev–Trinajstić information content (AvgIpc) is 3.55. The molecule has 0 aromatic carbocycles. The first-order valence-corrected chi connectivity index (χ1v) is 12.1. The van der Waals surface area contributed by atoms with E-state index < -0.39 is 52.2 Å². The highest BCUT2D eigenvalue weighted by molar-refractivity contribution is 7.12. The van der Waals surface area contributed by atoms with E-state index in [4.69, 9.17) is 10.5 Å². The maximum atomic E-state index is 16.5. The number of aliphatic hydroxyl groups excluding tert-OH is 1. The predicted molar refractivity (Wildman–Crippen MR) is 121 cm³/mol. The van der Waals surface area contributed by atoms with Gasteiger partial charge in [-0.3, -0.25) is 9.78 Å². The van der Waals surface area contributed by atoms with Gasteiger partial charge in [0.15, 0.2) is 0 Å². The monoisotopic (exact) mass is 497 g/mol. The molecule has 0 bridgehead atoms. The van der Waals surface area contributed by atoms with Crippen molar-refractivity contribution in [2.45, 2.75) is 62.0 Å². The first kappa shape index (κ1) is 23.5. The molecule has 1 fully saturated rings. The molecule has 0 amide bonds. The molecular formula is C23H26F3N3O4S. The minimum Gasteiger partial charge on any atom is -0.395 e. The molecular weight excluding hydrogens is 471 g/mol. The molecule has 7 nitrogen and oxygen atoms in total. The number of ether oxygens (including phenoxy) is 1. The zero-order chi connectivity index (χ0) is 24.4. The van der Waals surface area contributed by atoms with E-state index in [2.05, 4.69) is 4.98 Å². The molecule has 0 spiro atoms. The third-order valence-corrected chi connectivity index (χ3v) is 8.85. The maximum absolute atomic E-state index is 16.5. The zero-order valence-electron chi connectivity index (χ0n) is 18.5. The molecule has 0 saturated heterocycles. The molecule has 2 heterocycles. The Kier molecular flexibility index (Phi) is 5.86. The second-order valence-corrected chi connectivity index (χ2v) is 10.5. The van der Waals surface area contributed by atoms with Crippen molar-refractivity contribution < 1.29 is 23.0 Å². The number of rotatable bonds is 6. The molecule has 5 N–H and O–H groups in total. The van der Waals surface area contributed by atoms with Crippen LogP contribution in [0.2, 0.25) is 0 Å². The van der Waals surface area contributed by atoms with Crippen LogP contribution in [-0.4, -0.2) is 41.3 Å². The third-order valence-electron chi connectivity index (χ3n) is 7.49. The van der Waals surface area contributed by atoms with E-state index >= 15 is 4.39 Å². The van der Waals surface area contributed by atoms with Crippen molar-refractivity contribution >= 4 is 16.9 Å². The molecule has 34 heavy (non-hydrogen) atoms. The Bertz CT molecular complexity index is 1260. The Morgan fingerprint density at radius 1 is 1.29 bits per heavy atom. The fourth-order valence-electron chi connectivity index (χ4n) is 5.89. The van der Waals surface area contributed by atoms with Crippen LogP contribution in [0.4, 0.5) is 13.2 Å². The van der Waals surface area contributed by atoms with Crippen molar-refractivity contribution in [1.29, 1.82) is 0 Å². The number of alkyl halides is 2. The van der Waals surface area contributed by atoms with E-state index in [0.717, 1.165) is 29.7 Å². The van der Waals surface area contributed by atoms with Crippen LogP contribution in [0.15, 0.2) is 21.5 Å². The molecule has 0 radical (unpaired) electrons. The van der Waals surface area contributed by atoms with Crippen LogP contribution in [0.5, 0.6) is 0 Å². The summed E-state index contributed by atoms with van der Waals surface area (Å²) in [7, 11) is 1.32. The molecule has 2 aromatic rings. The van der Waals surface area contributed by atoms with E-state index in [1.165, 1.54) is 18.4 Å². The molecule has 1 saturated carbocycles. The highest BCUT2D eigenvalue weighted by Crippen LogP contribution is 2.64. The summed E-state index contributed by atoms with van der Waals surface area (Å²) in [6.45, 7) is -0.203. The first-order chi connectivity index (χ1) is 16.2. The largest absolute Gasteiger partial charge is 0.395 e. The normalized spacial score (nSPS) is 27.6. The van der Waals surface area contributed by atoms with Gasteiger partial charge in [-0.25, -0.2) is 18.0 Å². The fraction of sp³-hybridized carbons (Fsp3) is 0.565. The molecule has 4 unspecified atom stereocenters. The number of methoxy groups -OCH3 is 1. The quantitative estimate of drug-likeness (QED) is 0.489. The number of hydrogen-bond acceptors (Lipinski definition) is 6. The summed E-state index contributed by atoms with van der Waals surface area (Å²) in [4.78, 5) is 30.6. The Morgan fingerprint density at radius 3 is 2.65 bits per heavy atom. The lowest BCUT2D eigenvalue weighted by Gasteiger charge is -2.43. The lowest BCUT2D eigenvalue weighted by atomic mass is 9.67. The van der Waals surface area contributed by atoms with Crippen molar-refractivity contribution in [2.24, 2.45) is 11.7 Å². The van der Waals surface area contributed by atoms with Crippen LogP contribution < -0.4 is 17.0 Å². The number of aliphatic hydroxyl groups is 1. The summed E-state index contributed by atoms with van der Waals surface area (Å²) in [6.07, 6.45) is -0.899. The molecule has 11 heteroatoms. The Balaban J connectivity index is 1.81.